The zero-order chi connectivity index (χ0) is 27.9. The number of methoxy groups -OCH3 is 1. The van der Waals surface area contributed by atoms with Crippen LogP contribution in [0.1, 0.15) is 6.42 Å². The predicted molar refractivity (Wildman–Crippen MR) is 142 cm³/mol. The van der Waals surface area contributed by atoms with Crippen LogP contribution in [0.4, 0.5) is 20.4 Å². The number of pyridine rings is 1. The number of fused-ring (bicyclic) bond motifs is 1. The zero-order valence-electron chi connectivity index (χ0n) is 20.2. The fraction of sp³-hybridized carbons (Fsp3) is 0.208. The Bertz CT molecular complexity index is 1820. The molecule has 10 nitrogen and oxygen atoms in total. The van der Waals surface area contributed by atoms with Gasteiger partial charge in [-0.15, -0.1) is 0 Å². The van der Waals surface area contributed by atoms with E-state index in [4.69, 9.17) is 16.3 Å². The number of rotatable bonds is 7. The van der Waals surface area contributed by atoms with Gasteiger partial charge in [0.05, 0.1) is 40.4 Å². The van der Waals surface area contributed by atoms with Crippen LogP contribution < -0.4 is 14.8 Å². The van der Waals surface area contributed by atoms with Crippen LogP contribution in [0.15, 0.2) is 53.7 Å². The lowest BCUT2D eigenvalue weighted by atomic mass is 10.0. The van der Waals surface area contributed by atoms with E-state index in [-0.39, 0.29) is 40.0 Å². The molecule has 2 aromatic carbocycles. The van der Waals surface area contributed by atoms with Crippen molar-refractivity contribution in [2.75, 3.05) is 28.7 Å². The molecule has 0 spiro atoms. The summed E-state index contributed by atoms with van der Waals surface area (Å²) in [6.07, 6.45) is 3.08. The maximum Gasteiger partial charge on any atom is 0.267 e. The predicted octanol–water partition coefficient (Wildman–Crippen LogP) is 4.03. The van der Waals surface area contributed by atoms with E-state index in [1.165, 1.54) is 37.7 Å². The van der Waals surface area contributed by atoms with Crippen molar-refractivity contribution in [3.05, 3.63) is 65.4 Å². The van der Waals surface area contributed by atoms with Crippen molar-refractivity contribution in [3.8, 4) is 17.0 Å². The topological polar surface area (TPSA) is 140 Å². The first-order chi connectivity index (χ1) is 18.5. The largest absolute Gasteiger partial charge is 0.480 e. The van der Waals surface area contributed by atoms with E-state index >= 15 is 4.39 Å². The van der Waals surface area contributed by atoms with Crippen molar-refractivity contribution in [2.45, 2.75) is 17.4 Å². The Morgan fingerprint density at radius 1 is 1.10 bits per heavy atom. The van der Waals surface area contributed by atoms with Crippen LogP contribution >= 0.6 is 11.6 Å². The second kappa shape index (κ2) is 10.2. The molecule has 0 amide bonds. The molecule has 2 aromatic heterocycles. The first-order valence-electron chi connectivity index (χ1n) is 11.4. The van der Waals surface area contributed by atoms with E-state index in [0.29, 0.717) is 17.3 Å². The molecule has 5 rings (SSSR count). The van der Waals surface area contributed by atoms with Crippen molar-refractivity contribution in [1.82, 2.24) is 15.0 Å². The number of anilines is 2. The Labute approximate surface area is 227 Å². The summed E-state index contributed by atoms with van der Waals surface area (Å²) in [7, 11) is -6.29. The summed E-state index contributed by atoms with van der Waals surface area (Å²) in [5.74, 6) is -2.00. The molecule has 2 N–H and O–H groups in total. The summed E-state index contributed by atoms with van der Waals surface area (Å²) < 4.78 is 86.8. The number of nitrogens with zero attached hydrogens (tertiary/aromatic N) is 3. The summed E-state index contributed by atoms with van der Waals surface area (Å²) in [6, 6.07) is 7.11. The molecule has 1 atom stereocenters. The smallest absolute Gasteiger partial charge is 0.267 e. The lowest BCUT2D eigenvalue weighted by molar-refractivity contribution is 0.385. The summed E-state index contributed by atoms with van der Waals surface area (Å²) in [5, 5.41) is 3.47. The number of sulfonamides is 1. The second-order valence-corrected chi connectivity index (χ2v) is 13.1. The lowest BCUT2D eigenvalue weighted by Crippen LogP contribution is -2.21. The number of halogens is 3. The summed E-state index contributed by atoms with van der Waals surface area (Å²) in [5.41, 5.74) is -0.399. The van der Waals surface area contributed by atoms with Crippen LogP contribution in [-0.2, 0) is 19.9 Å². The quantitative estimate of drug-likeness (QED) is 0.324. The highest BCUT2D eigenvalue weighted by Gasteiger charge is 2.28. The fourth-order valence-electron chi connectivity index (χ4n) is 4.20. The third-order valence-corrected chi connectivity index (χ3v) is 9.37. The molecule has 204 valence electrons. The molecule has 0 bridgehead atoms. The van der Waals surface area contributed by atoms with Crippen LogP contribution in [-0.4, -0.2) is 56.4 Å². The first kappa shape index (κ1) is 27.0. The van der Waals surface area contributed by atoms with Gasteiger partial charge in [0.1, 0.15) is 5.82 Å². The van der Waals surface area contributed by atoms with Gasteiger partial charge in [-0.25, -0.2) is 40.6 Å². The average molecular weight is 596 g/mol. The SMILES string of the molecule is COc1ncc(Cl)cc1S(=O)(=O)Nc1ccc(F)c(-c2ccc3nc(NC4CCS(=O)(=O)C4)ncc3c2)c1F. The number of benzene rings is 2. The van der Waals surface area contributed by atoms with Crippen LogP contribution in [0.3, 0.4) is 0 Å². The van der Waals surface area contributed by atoms with E-state index < -0.39 is 47.6 Å². The maximum atomic E-state index is 15.6. The van der Waals surface area contributed by atoms with E-state index in [1.807, 2.05) is 0 Å². The van der Waals surface area contributed by atoms with Crippen molar-refractivity contribution in [1.29, 1.82) is 0 Å². The van der Waals surface area contributed by atoms with Crippen LogP contribution in [0.5, 0.6) is 5.88 Å². The highest BCUT2D eigenvalue weighted by Crippen LogP contribution is 2.34. The molecule has 1 aliphatic heterocycles. The van der Waals surface area contributed by atoms with Gasteiger partial charge >= 0.3 is 0 Å². The van der Waals surface area contributed by atoms with Crippen LogP contribution in [0.2, 0.25) is 5.02 Å². The Morgan fingerprint density at radius 2 is 1.90 bits per heavy atom. The highest BCUT2D eigenvalue weighted by molar-refractivity contribution is 7.92. The molecular formula is C24H20ClF2N5O5S2. The van der Waals surface area contributed by atoms with E-state index in [9.17, 15) is 21.2 Å². The monoisotopic (exact) mass is 595 g/mol. The lowest BCUT2D eigenvalue weighted by Gasteiger charge is -2.14. The molecule has 15 heteroatoms. The third-order valence-electron chi connectivity index (χ3n) is 6.04. The number of ether oxygens (including phenoxy) is 1. The molecule has 1 saturated heterocycles. The summed E-state index contributed by atoms with van der Waals surface area (Å²) >= 11 is 5.88. The minimum Gasteiger partial charge on any atom is -0.480 e. The molecule has 0 saturated carbocycles. The number of aromatic nitrogens is 3. The number of hydrogen-bond donors (Lipinski definition) is 2. The molecule has 39 heavy (non-hydrogen) atoms. The van der Waals surface area contributed by atoms with Gasteiger partial charge in [0.15, 0.2) is 20.5 Å². The first-order valence-corrected chi connectivity index (χ1v) is 15.1. The van der Waals surface area contributed by atoms with Gasteiger partial charge in [-0.3, -0.25) is 4.72 Å². The molecule has 0 radical (unpaired) electrons. The number of sulfone groups is 1. The van der Waals surface area contributed by atoms with Gasteiger partial charge in [-0.1, -0.05) is 17.7 Å². The van der Waals surface area contributed by atoms with Gasteiger partial charge in [0.2, 0.25) is 11.8 Å². The van der Waals surface area contributed by atoms with Gasteiger partial charge in [-0.2, -0.15) is 0 Å². The fourth-order valence-corrected chi connectivity index (χ4v) is 7.30. The van der Waals surface area contributed by atoms with Crippen molar-refractivity contribution in [2.24, 2.45) is 0 Å². The van der Waals surface area contributed by atoms with E-state index in [2.05, 4.69) is 25.0 Å². The number of nitrogens with one attached hydrogen (secondary N) is 2. The Kier molecular flexibility index (Phi) is 7.03. The number of hydrogen-bond acceptors (Lipinski definition) is 9. The third kappa shape index (κ3) is 5.58. The van der Waals surface area contributed by atoms with Crippen molar-refractivity contribution < 1.29 is 30.4 Å². The summed E-state index contributed by atoms with van der Waals surface area (Å²) in [4.78, 5) is 11.9. The molecule has 3 heterocycles. The Balaban J connectivity index is 1.46. The maximum absolute atomic E-state index is 15.6. The molecule has 1 fully saturated rings. The van der Waals surface area contributed by atoms with E-state index in [1.54, 1.807) is 0 Å². The van der Waals surface area contributed by atoms with Crippen molar-refractivity contribution in [3.63, 3.8) is 0 Å². The van der Waals surface area contributed by atoms with Crippen LogP contribution in [0, 0.1) is 11.6 Å². The molecular weight excluding hydrogens is 576 g/mol. The van der Waals surface area contributed by atoms with Crippen molar-refractivity contribution >= 4 is 54.0 Å². The Hall–Kier alpha value is -3.62. The zero-order valence-corrected chi connectivity index (χ0v) is 22.5. The minimum absolute atomic E-state index is 0.00735. The minimum atomic E-state index is -4.42. The highest BCUT2D eigenvalue weighted by atomic mass is 35.5. The van der Waals surface area contributed by atoms with Gasteiger partial charge in [0.25, 0.3) is 10.0 Å². The standard InChI is InChI=1S/C24H20ClF2N5O5S2/c1-37-23-20(9-15(25)11-28-23)39(35,36)32-19-5-3-17(26)21(22(19)27)13-2-4-18-14(8-13)10-29-24(31-18)30-16-6-7-38(33,34)12-16/h2-5,8-11,16,32H,6-7,12H2,1H3,(H,29,30,31). The molecule has 0 aliphatic carbocycles. The average Bonchev–Trinajstić information content (AvgIpc) is 3.23. The van der Waals surface area contributed by atoms with Crippen LogP contribution in [0.25, 0.3) is 22.0 Å². The van der Waals surface area contributed by atoms with E-state index in [0.717, 1.165) is 18.2 Å². The van der Waals surface area contributed by atoms with Gasteiger partial charge in [-0.05, 0) is 42.3 Å². The molecule has 1 unspecified atom stereocenters. The van der Waals surface area contributed by atoms with Gasteiger partial charge in [0, 0.05) is 23.8 Å². The molecule has 1 aliphatic rings. The van der Waals surface area contributed by atoms with Gasteiger partial charge < -0.3 is 10.1 Å². The normalized spacial score (nSPS) is 16.8. The summed E-state index contributed by atoms with van der Waals surface area (Å²) in [6.45, 7) is 0. The Morgan fingerprint density at radius 3 is 2.62 bits per heavy atom. The molecule has 4 aromatic rings. The second-order valence-electron chi connectivity index (χ2n) is 8.76.